The summed E-state index contributed by atoms with van der Waals surface area (Å²) >= 11 is 0. The lowest BCUT2D eigenvalue weighted by Gasteiger charge is -2.37. The van der Waals surface area contributed by atoms with Gasteiger partial charge in [0.05, 0.1) is 12.2 Å². The number of aliphatic hydroxyl groups is 1. The van der Waals surface area contributed by atoms with Crippen molar-refractivity contribution in [1.82, 2.24) is 5.32 Å². The highest BCUT2D eigenvalue weighted by molar-refractivity contribution is 5.38. The van der Waals surface area contributed by atoms with Gasteiger partial charge in [-0.3, -0.25) is 0 Å². The molecular formula is C16H25NO2. The Kier molecular flexibility index (Phi) is 4.83. The van der Waals surface area contributed by atoms with Gasteiger partial charge in [0.15, 0.2) is 0 Å². The van der Waals surface area contributed by atoms with E-state index in [-0.39, 0.29) is 5.92 Å². The van der Waals surface area contributed by atoms with Crippen LogP contribution in [0.3, 0.4) is 0 Å². The Morgan fingerprint density at radius 1 is 1.42 bits per heavy atom. The highest BCUT2D eigenvalue weighted by Gasteiger charge is 2.36. The van der Waals surface area contributed by atoms with Gasteiger partial charge in [0.2, 0.25) is 0 Å². The van der Waals surface area contributed by atoms with Crippen LogP contribution in [0, 0.1) is 5.92 Å². The molecule has 1 heterocycles. The van der Waals surface area contributed by atoms with Gasteiger partial charge in [-0.15, -0.1) is 0 Å². The van der Waals surface area contributed by atoms with Crippen molar-refractivity contribution in [1.29, 1.82) is 0 Å². The van der Waals surface area contributed by atoms with Gasteiger partial charge in [0.1, 0.15) is 5.75 Å². The molecule has 106 valence electrons. The average molecular weight is 263 g/mol. The van der Waals surface area contributed by atoms with Gasteiger partial charge in [-0.25, -0.2) is 0 Å². The molecule has 1 aliphatic heterocycles. The second-order valence-electron chi connectivity index (χ2n) is 5.54. The summed E-state index contributed by atoms with van der Waals surface area (Å²) in [5.41, 5.74) is 0.0785. The van der Waals surface area contributed by atoms with Crippen LogP contribution in [-0.4, -0.2) is 24.8 Å². The van der Waals surface area contributed by atoms with Crippen LogP contribution in [0.25, 0.3) is 0 Å². The zero-order valence-electron chi connectivity index (χ0n) is 12.0. The summed E-state index contributed by atoms with van der Waals surface area (Å²) in [5.74, 6) is 1.06. The molecular weight excluding hydrogens is 238 g/mol. The maximum atomic E-state index is 11.0. The number of ether oxygens (including phenoxy) is 1. The molecule has 0 spiro atoms. The average Bonchev–Trinajstić information content (AvgIpc) is 2.46. The van der Waals surface area contributed by atoms with Crippen molar-refractivity contribution in [3.8, 4) is 5.75 Å². The zero-order chi connectivity index (χ0) is 13.7. The van der Waals surface area contributed by atoms with E-state index in [1.807, 2.05) is 31.2 Å². The molecule has 0 amide bonds. The second-order valence-corrected chi connectivity index (χ2v) is 5.54. The molecule has 2 atom stereocenters. The fourth-order valence-electron chi connectivity index (χ4n) is 2.77. The molecule has 19 heavy (non-hydrogen) atoms. The van der Waals surface area contributed by atoms with Gasteiger partial charge in [-0.2, -0.15) is 0 Å². The monoisotopic (exact) mass is 263 g/mol. The first-order valence-electron chi connectivity index (χ1n) is 7.31. The van der Waals surface area contributed by atoms with Crippen LogP contribution in [0.4, 0.5) is 0 Å². The molecule has 3 heteroatoms. The van der Waals surface area contributed by atoms with E-state index in [0.717, 1.165) is 43.7 Å². The maximum absolute atomic E-state index is 11.0. The number of piperidine rings is 1. The zero-order valence-corrected chi connectivity index (χ0v) is 12.0. The third-order valence-electron chi connectivity index (χ3n) is 3.99. The molecule has 0 bridgehead atoms. The number of para-hydroxylation sites is 1. The van der Waals surface area contributed by atoms with Crippen LogP contribution < -0.4 is 10.1 Å². The number of nitrogens with one attached hydrogen (secondary N) is 1. The number of hydrogen-bond donors (Lipinski definition) is 2. The predicted octanol–water partition coefficient (Wildman–Crippen LogP) is 2.68. The molecule has 0 aromatic heterocycles. The molecule has 1 saturated heterocycles. The molecule has 3 nitrogen and oxygen atoms in total. The van der Waals surface area contributed by atoms with Crippen molar-refractivity contribution < 1.29 is 9.84 Å². The van der Waals surface area contributed by atoms with Crippen molar-refractivity contribution in [3.63, 3.8) is 0 Å². The Bertz CT molecular complexity index is 397. The largest absolute Gasteiger partial charge is 0.493 e. The standard InChI is InChI=1S/C16H25NO2/c1-3-11-19-15-9-5-4-8-14(15)16(2,18)13-7-6-10-17-12-13/h4-5,8-9,13,17-18H,3,6-7,10-12H2,1-2H3. The molecule has 1 aromatic carbocycles. The van der Waals surface area contributed by atoms with Crippen molar-refractivity contribution >= 4 is 0 Å². The Balaban J connectivity index is 2.22. The number of benzene rings is 1. The first-order chi connectivity index (χ1) is 9.16. The van der Waals surface area contributed by atoms with E-state index < -0.39 is 5.60 Å². The molecule has 2 N–H and O–H groups in total. The van der Waals surface area contributed by atoms with Crippen LogP contribution in [0.2, 0.25) is 0 Å². The summed E-state index contributed by atoms with van der Waals surface area (Å²) in [7, 11) is 0. The molecule has 2 unspecified atom stereocenters. The minimum Gasteiger partial charge on any atom is -0.493 e. The van der Waals surface area contributed by atoms with Gasteiger partial charge in [-0.05, 0) is 38.8 Å². The van der Waals surface area contributed by atoms with Gasteiger partial charge < -0.3 is 15.2 Å². The Morgan fingerprint density at radius 2 is 2.21 bits per heavy atom. The molecule has 1 aliphatic rings. The molecule has 1 fully saturated rings. The topological polar surface area (TPSA) is 41.5 Å². The maximum Gasteiger partial charge on any atom is 0.125 e. The smallest absolute Gasteiger partial charge is 0.125 e. The summed E-state index contributed by atoms with van der Waals surface area (Å²) in [5, 5.41) is 14.3. The molecule has 1 aromatic rings. The lowest BCUT2D eigenvalue weighted by Crippen LogP contribution is -2.42. The summed E-state index contributed by atoms with van der Waals surface area (Å²) in [6.07, 6.45) is 3.16. The summed E-state index contributed by atoms with van der Waals surface area (Å²) < 4.78 is 5.78. The summed E-state index contributed by atoms with van der Waals surface area (Å²) in [4.78, 5) is 0. The summed E-state index contributed by atoms with van der Waals surface area (Å²) in [6.45, 7) is 6.62. The lowest BCUT2D eigenvalue weighted by molar-refractivity contribution is -0.0178. The van der Waals surface area contributed by atoms with E-state index in [0.29, 0.717) is 6.61 Å². The Hall–Kier alpha value is -1.06. The van der Waals surface area contributed by atoms with Gasteiger partial charge in [0.25, 0.3) is 0 Å². The van der Waals surface area contributed by atoms with Gasteiger partial charge in [-0.1, -0.05) is 25.1 Å². The lowest BCUT2D eigenvalue weighted by atomic mass is 9.78. The van der Waals surface area contributed by atoms with Gasteiger partial charge in [0, 0.05) is 18.0 Å². The van der Waals surface area contributed by atoms with E-state index in [1.54, 1.807) is 0 Å². The Labute approximate surface area is 116 Å². The fourth-order valence-corrected chi connectivity index (χ4v) is 2.77. The van der Waals surface area contributed by atoms with Gasteiger partial charge >= 0.3 is 0 Å². The van der Waals surface area contributed by atoms with Crippen LogP contribution in [0.1, 0.15) is 38.7 Å². The normalized spacial score (nSPS) is 22.8. The minimum atomic E-state index is -0.836. The molecule has 0 saturated carbocycles. The van der Waals surface area contributed by atoms with E-state index in [9.17, 15) is 5.11 Å². The van der Waals surface area contributed by atoms with Crippen LogP contribution >= 0.6 is 0 Å². The predicted molar refractivity (Wildman–Crippen MR) is 77.4 cm³/mol. The van der Waals surface area contributed by atoms with E-state index in [4.69, 9.17) is 4.74 Å². The van der Waals surface area contributed by atoms with Crippen molar-refractivity contribution in [2.75, 3.05) is 19.7 Å². The molecule has 0 aliphatic carbocycles. The van der Waals surface area contributed by atoms with Crippen molar-refractivity contribution in [2.45, 2.75) is 38.7 Å². The van der Waals surface area contributed by atoms with Crippen molar-refractivity contribution in [2.24, 2.45) is 5.92 Å². The highest BCUT2D eigenvalue weighted by atomic mass is 16.5. The third kappa shape index (κ3) is 3.28. The molecule has 0 radical (unpaired) electrons. The van der Waals surface area contributed by atoms with Crippen LogP contribution in [0.5, 0.6) is 5.75 Å². The SMILES string of the molecule is CCCOc1ccccc1C(C)(O)C1CCCNC1. The van der Waals surface area contributed by atoms with E-state index in [2.05, 4.69) is 12.2 Å². The molecule has 2 rings (SSSR count). The first kappa shape index (κ1) is 14.4. The fraction of sp³-hybridized carbons (Fsp3) is 0.625. The minimum absolute atomic E-state index is 0.243. The highest BCUT2D eigenvalue weighted by Crippen LogP contribution is 2.38. The number of rotatable bonds is 5. The number of hydrogen-bond acceptors (Lipinski definition) is 3. The Morgan fingerprint density at radius 3 is 2.89 bits per heavy atom. The summed E-state index contributed by atoms with van der Waals surface area (Å²) in [6, 6.07) is 7.87. The van der Waals surface area contributed by atoms with Crippen molar-refractivity contribution in [3.05, 3.63) is 29.8 Å². The third-order valence-corrected chi connectivity index (χ3v) is 3.99. The van der Waals surface area contributed by atoms with Crippen LogP contribution in [0.15, 0.2) is 24.3 Å². The first-order valence-corrected chi connectivity index (χ1v) is 7.31. The van der Waals surface area contributed by atoms with Crippen LogP contribution in [-0.2, 0) is 5.60 Å². The quantitative estimate of drug-likeness (QED) is 0.858. The van der Waals surface area contributed by atoms with E-state index >= 15 is 0 Å². The van der Waals surface area contributed by atoms with E-state index in [1.165, 1.54) is 0 Å². The second kappa shape index (κ2) is 6.40.